The molecule has 1 heterocycles. The Morgan fingerprint density at radius 2 is 2.36 bits per heavy atom. The van der Waals surface area contributed by atoms with Gasteiger partial charge in [-0.25, -0.2) is 9.78 Å². The standard InChI is InChI=1S/C14H14ClN3O2S2/c1-20-13(19)12(8-10-4-2-3-5-11(10)15)18(9-21)17-14-16-6-7-22-14/h2-7,9,12H,8H2,1H3,(H,16,17). The van der Waals surface area contributed by atoms with Crippen LogP contribution in [-0.2, 0) is 16.0 Å². The number of ether oxygens (including phenoxy) is 1. The summed E-state index contributed by atoms with van der Waals surface area (Å²) >= 11 is 12.6. The van der Waals surface area contributed by atoms with Crippen molar-refractivity contribution in [2.24, 2.45) is 0 Å². The van der Waals surface area contributed by atoms with Gasteiger partial charge in [0.25, 0.3) is 0 Å². The topological polar surface area (TPSA) is 54.5 Å². The van der Waals surface area contributed by atoms with Gasteiger partial charge in [0, 0.05) is 23.0 Å². The van der Waals surface area contributed by atoms with Crippen LogP contribution in [0, 0.1) is 0 Å². The smallest absolute Gasteiger partial charge is 0.330 e. The van der Waals surface area contributed by atoms with E-state index in [-0.39, 0.29) is 0 Å². The summed E-state index contributed by atoms with van der Waals surface area (Å²) in [6.07, 6.45) is 2.02. The average molecular weight is 356 g/mol. The van der Waals surface area contributed by atoms with Gasteiger partial charge >= 0.3 is 5.97 Å². The maximum absolute atomic E-state index is 12.1. The molecule has 1 aromatic heterocycles. The van der Waals surface area contributed by atoms with Crippen molar-refractivity contribution in [3.63, 3.8) is 0 Å². The number of carbonyl (C=O) groups excluding carboxylic acids is 1. The fraction of sp³-hybridized carbons (Fsp3) is 0.214. The molecule has 0 radical (unpaired) electrons. The van der Waals surface area contributed by atoms with Gasteiger partial charge in [0.1, 0.15) is 0 Å². The molecule has 0 saturated heterocycles. The number of esters is 1. The van der Waals surface area contributed by atoms with Crippen LogP contribution in [0.3, 0.4) is 0 Å². The highest BCUT2D eigenvalue weighted by molar-refractivity contribution is 7.78. The van der Waals surface area contributed by atoms with Crippen LogP contribution in [0.4, 0.5) is 5.13 Å². The second kappa shape index (κ2) is 8.07. The Bertz CT molecular complexity index is 637. The predicted octanol–water partition coefficient (Wildman–Crippen LogP) is 3.17. The monoisotopic (exact) mass is 355 g/mol. The lowest BCUT2D eigenvalue weighted by atomic mass is 10.1. The number of carbonyl (C=O) groups is 1. The van der Waals surface area contributed by atoms with E-state index in [2.05, 4.69) is 10.4 Å². The molecular weight excluding hydrogens is 342 g/mol. The number of hydrogen-bond donors (Lipinski definition) is 1. The first-order chi connectivity index (χ1) is 10.7. The van der Waals surface area contributed by atoms with E-state index in [9.17, 15) is 4.79 Å². The summed E-state index contributed by atoms with van der Waals surface area (Å²) in [6.45, 7) is 0. The third-order valence-electron chi connectivity index (χ3n) is 2.95. The van der Waals surface area contributed by atoms with E-state index in [1.807, 2.05) is 23.6 Å². The van der Waals surface area contributed by atoms with Gasteiger partial charge < -0.3 is 4.74 Å². The molecule has 22 heavy (non-hydrogen) atoms. The van der Waals surface area contributed by atoms with Crippen LogP contribution in [0.25, 0.3) is 0 Å². The number of thiazole rings is 1. The number of aromatic nitrogens is 1. The Balaban J connectivity index is 2.22. The van der Waals surface area contributed by atoms with Gasteiger partial charge in [0.2, 0.25) is 5.13 Å². The molecule has 2 aromatic rings. The van der Waals surface area contributed by atoms with Crippen molar-refractivity contribution in [3.05, 3.63) is 46.4 Å². The molecule has 1 N–H and O–H groups in total. The number of anilines is 1. The first-order valence-corrected chi connectivity index (χ1v) is 8.09. The molecule has 0 amide bonds. The van der Waals surface area contributed by atoms with Gasteiger partial charge in [-0.05, 0) is 11.6 Å². The predicted molar refractivity (Wildman–Crippen MR) is 92.2 cm³/mol. The number of thiocarbonyl (C=S) groups is 1. The Kier molecular flexibility index (Phi) is 6.11. The summed E-state index contributed by atoms with van der Waals surface area (Å²) in [6, 6.07) is 6.70. The van der Waals surface area contributed by atoms with Gasteiger partial charge in [-0.2, -0.15) is 0 Å². The minimum absolute atomic E-state index is 0.359. The van der Waals surface area contributed by atoms with Crippen LogP contribution in [0.1, 0.15) is 5.56 Å². The van der Waals surface area contributed by atoms with Gasteiger partial charge in [0.15, 0.2) is 6.04 Å². The molecule has 0 aliphatic carbocycles. The van der Waals surface area contributed by atoms with E-state index in [4.69, 9.17) is 28.6 Å². The van der Waals surface area contributed by atoms with Crippen LogP contribution in [0.15, 0.2) is 35.8 Å². The summed E-state index contributed by atoms with van der Waals surface area (Å²) in [5.74, 6) is -0.412. The van der Waals surface area contributed by atoms with Crippen molar-refractivity contribution in [1.29, 1.82) is 0 Å². The van der Waals surface area contributed by atoms with Crippen LogP contribution < -0.4 is 5.43 Å². The maximum atomic E-state index is 12.1. The van der Waals surface area contributed by atoms with E-state index < -0.39 is 12.0 Å². The largest absolute Gasteiger partial charge is 0.467 e. The van der Waals surface area contributed by atoms with Gasteiger partial charge in [0.05, 0.1) is 12.6 Å². The van der Waals surface area contributed by atoms with E-state index in [0.29, 0.717) is 16.6 Å². The number of hydrazine groups is 1. The zero-order valence-corrected chi connectivity index (χ0v) is 14.1. The minimum atomic E-state index is -0.647. The summed E-state index contributed by atoms with van der Waals surface area (Å²) in [5.41, 5.74) is 5.20. The molecule has 0 aliphatic rings. The lowest BCUT2D eigenvalue weighted by Crippen LogP contribution is -2.45. The van der Waals surface area contributed by atoms with Crippen molar-refractivity contribution in [2.75, 3.05) is 12.5 Å². The van der Waals surface area contributed by atoms with Crippen molar-refractivity contribution >= 4 is 51.7 Å². The third kappa shape index (κ3) is 4.16. The molecule has 0 aliphatic heterocycles. The number of halogens is 1. The highest BCUT2D eigenvalue weighted by Gasteiger charge is 2.27. The number of nitrogens with zero attached hydrogens (tertiary/aromatic N) is 2. The van der Waals surface area contributed by atoms with Crippen molar-refractivity contribution in [1.82, 2.24) is 9.99 Å². The van der Waals surface area contributed by atoms with Crippen LogP contribution in [0.5, 0.6) is 0 Å². The number of nitrogens with one attached hydrogen (secondary N) is 1. The average Bonchev–Trinajstić information content (AvgIpc) is 3.04. The lowest BCUT2D eigenvalue weighted by molar-refractivity contribution is -0.144. The molecule has 116 valence electrons. The summed E-state index contributed by atoms with van der Waals surface area (Å²) in [7, 11) is 1.34. The van der Waals surface area contributed by atoms with Gasteiger partial charge in [-0.15, -0.1) is 11.3 Å². The molecule has 0 saturated carbocycles. The van der Waals surface area contributed by atoms with E-state index in [1.165, 1.54) is 28.9 Å². The Hall–Kier alpha value is -1.70. The lowest BCUT2D eigenvalue weighted by Gasteiger charge is -2.27. The van der Waals surface area contributed by atoms with Gasteiger partial charge in [-0.1, -0.05) is 42.0 Å². The highest BCUT2D eigenvalue weighted by Crippen LogP contribution is 2.20. The minimum Gasteiger partial charge on any atom is -0.467 e. The molecule has 8 heteroatoms. The third-order valence-corrected chi connectivity index (χ3v) is 4.22. The molecule has 0 fully saturated rings. The Labute approximate surface area is 142 Å². The molecule has 2 rings (SSSR count). The van der Waals surface area contributed by atoms with E-state index >= 15 is 0 Å². The molecule has 1 aromatic carbocycles. The normalized spacial score (nSPS) is 11.5. The van der Waals surface area contributed by atoms with Crippen molar-refractivity contribution in [2.45, 2.75) is 12.5 Å². The number of methoxy groups -OCH3 is 1. The first-order valence-electron chi connectivity index (χ1n) is 6.36. The summed E-state index contributed by atoms with van der Waals surface area (Å²) in [5, 5.41) is 4.55. The second-order valence-corrected chi connectivity index (χ2v) is 5.81. The summed E-state index contributed by atoms with van der Waals surface area (Å²) in [4.78, 5) is 16.2. The zero-order valence-electron chi connectivity index (χ0n) is 11.7. The van der Waals surface area contributed by atoms with E-state index in [1.54, 1.807) is 12.3 Å². The first kappa shape index (κ1) is 16.7. The zero-order chi connectivity index (χ0) is 15.9. The fourth-order valence-corrected chi connectivity index (χ4v) is 2.81. The van der Waals surface area contributed by atoms with Gasteiger partial charge in [-0.3, -0.25) is 10.4 Å². The van der Waals surface area contributed by atoms with Crippen LogP contribution in [0.2, 0.25) is 5.02 Å². The Morgan fingerprint density at radius 1 is 1.59 bits per heavy atom. The van der Waals surface area contributed by atoms with E-state index in [0.717, 1.165) is 5.56 Å². The molecule has 1 atom stereocenters. The fourth-order valence-electron chi connectivity index (χ4n) is 1.87. The van der Waals surface area contributed by atoms with Crippen molar-refractivity contribution < 1.29 is 9.53 Å². The number of rotatable bonds is 7. The molecule has 1 unspecified atom stereocenters. The highest BCUT2D eigenvalue weighted by atomic mass is 35.5. The molecule has 0 spiro atoms. The quantitative estimate of drug-likeness (QED) is 0.467. The number of hydrogen-bond acceptors (Lipinski definition) is 6. The molecule has 5 nitrogen and oxygen atoms in total. The molecular formula is C14H14ClN3O2S2. The number of benzene rings is 1. The maximum Gasteiger partial charge on any atom is 0.330 e. The summed E-state index contributed by atoms with van der Waals surface area (Å²) < 4.78 is 4.88. The second-order valence-electron chi connectivity index (χ2n) is 4.30. The SMILES string of the molecule is COC(=O)C(Cc1ccccc1Cl)N(C=S)Nc1nccs1. The Morgan fingerprint density at radius 3 is 2.95 bits per heavy atom. The van der Waals surface area contributed by atoms with Crippen molar-refractivity contribution in [3.8, 4) is 0 Å². The van der Waals surface area contributed by atoms with Crippen LogP contribution in [-0.4, -0.2) is 34.6 Å². The van der Waals surface area contributed by atoms with Crippen LogP contribution >= 0.6 is 35.2 Å². The molecule has 0 bridgehead atoms.